The van der Waals surface area contributed by atoms with Crippen molar-refractivity contribution in [3.8, 4) is 17.2 Å². The second-order valence-corrected chi connectivity index (χ2v) is 5.27. The summed E-state index contributed by atoms with van der Waals surface area (Å²) in [5, 5.41) is 11.8. The fourth-order valence-corrected chi connectivity index (χ4v) is 2.55. The average molecular weight is 350 g/mol. The highest BCUT2D eigenvalue weighted by Gasteiger charge is 2.19. The second-order valence-electron chi connectivity index (χ2n) is 4.87. The molecule has 8 heteroatoms. The predicted octanol–water partition coefficient (Wildman–Crippen LogP) is 3.03. The van der Waals surface area contributed by atoms with Crippen LogP contribution in [0.4, 0.5) is 5.69 Å². The van der Waals surface area contributed by atoms with E-state index in [9.17, 15) is 9.59 Å². The zero-order valence-corrected chi connectivity index (χ0v) is 13.2. The van der Waals surface area contributed by atoms with Gasteiger partial charge < -0.3 is 24.6 Å². The molecular weight excluding hydrogens is 338 g/mol. The molecule has 0 aliphatic carbocycles. The molecule has 0 aromatic heterocycles. The molecule has 0 radical (unpaired) electrons. The van der Waals surface area contributed by atoms with Crippen molar-refractivity contribution in [1.82, 2.24) is 0 Å². The smallest absolute Gasteiger partial charge is 0.335 e. The zero-order chi connectivity index (χ0) is 17.3. The number of ether oxygens (including phenoxy) is 3. The first-order chi connectivity index (χ1) is 11.5. The highest BCUT2D eigenvalue weighted by atomic mass is 35.5. The Morgan fingerprint density at radius 2 is 1.92 bits per heavy atom. The number of carbonyl (C=O) groups excluding carboxylic acids is 1. The van der Waals surface area contributed by atoms with Gasteiger partial charge in [0.25, 0.3) is 5.91 Å². The SMILES string of the molecule is COc1c(Cl)cc(C(=O)O)cc1NC(=O)c1ccc2c(c1)OCO2. The number of anilines is 1. The summed E-state index contributed by atoms with van der Waals surface area (Å²) in [6, 6.07) is 7.25. The van der Waals surface area contributed by atoms with E-state index in [1.54, 1.807) is 12.1 Å². The van der Waals surface area contributed by atoms with Crippen molar-refractivity contribution in [1.29, 1.82) is 0 Å². The number of nitrogens with one attached hydrogen (secondary N) is 1. The summed E-state index contributed by atoms with van der Waals surface area (Å²) >= 11 is 6.01. The van der Waals surface area contributed by atoms with E-state index in [0.717, 1.165) is 0 Å². The standard InChI is InChI=1S/C16H12ClNO6/c1-22-14-10(17)4-9(16(20)21)5-11(14)18-15(19)8-2-3-12-13(6-8)24-7-23-12/h2-6H,7H2,1H3,(H,18,19)(H,20,21). The molecule has 2 aromatic rings. The number of carbonyl (C=O) groups is 2. The van der Waals surface area contributed by atoms with E-state index in [-0.39, 0.29) is 28.8 Å². The minimum Gasteiger partial charge on any atom is -0.493 e. The number of benzene rings is 2. The zero-order valence-electron chi connectivity index (χ0n) is 12.5. The molecule has 2 N–H and O–H groups in total. The maximum absolute atomic E-state index is 12.4. The molecule has 0 bridgehead atoms. The van der Waals surface area contributed by atoms with Crippen LogP contribution in [-0.2, 0) is 0 Å². The Morgan fingerprint density at radius 1 is 1.17 bits per heavy atom. The number of aromatic carboxylic acids is 1. The van der Waals surface area contributed by atoms with E-state index >= 15 is 0 Å². The number of rotatable bonds is 4. The fraction of sp³-hybridized carbons (Fsp3) is 0.125. The van der Waals surface area contributed by atoms with Crippen LogP contribution >= 0.6 is 11.6 Å². The van der Waals surface area contributed by atoms with Crippen molar-refractivity contribution in [3.05, 3.63) is 46.5 Å². The van der Waals surface area contributed by atoms with E-state index < -0.39 is 11.9 Å². The Bertz CT molecular complexity index is 836. The fourth-order valence-electron chi connectivity index (χ4n) is 2.25. The van der Waals surface area contributed by atoms with Gasteiger partial charge in [0, 0.05) is 5.56 Å². The van der Waals surface area contributed by atoms with Crippen molar-refractivity contribution in [2.75, 3.05) is 19.2 Å². The van der Waals surface area contributed by atoms with Crippen molar-refractivity contribution in [3.63, 3.8) is 0 Å². The van der Waals surface area contributed by atoms with E-state index in [4.69, 9.17) is 30.9 Å². The Kier molecular flexibility index (Phi) is 4.18. The van der Waals surface area contributed by atoms with Gasteiger partial charge in [-0.05, 0) is 30.3 Å². The molecule has 0 fully saturated rings. The van der Waals surface area contributed by atoms with E-state index in [1.807, 2.05) is 0 Å². The van der Waals surface area contributed by atoms with Gasteiger partial charge in [-0.1, -0.05) is 11.6 Å². The van der Waals surface area contributed by atoms with Gasteiger partial charge in [-0.15, -0.1) is 0 Å². The number of halogens is 1. The molecule has 1 amide bonds. The van der Waals surface area contributed by atoms with Crippen LogP contribution in [0.15, 0.2) is 30.3 Å². The van der Waals surface area contributed by atoms with Gasteiger partial charge >= 0.3 is 5.97 Å². The summed E-state index contributed by atoms with van der Waals surface area (Å²) in [6.45, 7) is 0.102. The molecule has 0 atom stereocenters. The van der Waals surface area contributed by atoms with Gasteiger partial charge in [-0.2, -0.15) is 0 Å². The molecular formula is C16H12ClNO6. The lowest BCUT2D eigenvalue weighted by molar-refractivity contribution is 0.0696. The molecule has 1 heterocycles. The first-order valence-corrected chi connectivity index (χ1v) is 7.19. The second kappa shape index (κ2) is 6.29. The number of fused-ring (bicyclic) bond motifs is 1. The molecule has 124 valence electrons. The van der Waals surface area contributed by atoms with E-state index in [2.05, 4.69) is 5.32 Å². The van der Waals surface area contributed by atoms with Crippen LogP contribution in [0.25, 0.3) is 0 Å². The summed E-state index contributed by atoms with van der Waals surface area (Å²) in [5.74, 6) is -0.439. The topological polar surface area (TPSA) is 94.1 Å². The number of methoxy groups -OCH3 is 1. The van der Waals surface area contributed by atoms with Crippen molar-refractivity contribution in [2.24, 2.45) is 0 Å². The normalized spacial score (nSPS) is 11.9. The summed E-state index contributed by atoms with van der Waals surface area (Å²) in [7, 11) is 1.37. The molecule has 1 aliphatic heterocycles. The van der Waals surface area contributed by atoms with Gasteiger partial charge in [0.05, 0.1) is 23.4 Å². The largest absolute Gasteiger partial charge is 0.493 e. The van der Waals surface area contributed by atoms with Crippen LogP contribution in [-0.4, -0.2) is 30.9 Å². The van der Waals surface area contributed by atoms with Crippen molar-refractivity contribution < 1.29 is 28.9 Å². The monoisotopic (exact) mass is 349 g/mol. The van der Waals surface area contributed by atoms with Crippen LogP contribution in [0, 0.1) is 0 Å². The summed E-state index contributed by atoms with van der Waals surface area (Å²) in [4.78, 5) is 23.6. The minimum atomic E-state index is -1.17. The lowest BCUT2D eigenvalue weighted by Gasteiger charge is -2.13. The molecule has 7 nitrogen and oxygen atoms in total. The quantitative estimate of drug-likeness (QED) is 0.881. The predicted molar refractivity (Wildman–Crippen MR) is 85.5 cm³/mol. The summed E-state index contributed by atoms with van der Waals surface area (Å²) < 4.78 is 15.6. The lowest BCUT2D eigenvalue weighted by Crippen LogP contribution is -2.13. The summed E-state index contributed by atoms with van der Waals surface area (Å²) in [6.07, 6.45) is 0. The molecule has 0 spiro atoms. The Hall–Kier alpha value is -2.93. The third kappa shape index (κ3) is 2.93. The van der Waals surface area contributed by atoms with E-state index in [0.29, 0.717) is 17.1 Å². The third-order valence-corrected chi connectivity index (χ3v) is 3.66. The van der Waals surface area contributed by atoms with Gasteiger partial charge in [-0.25, -0.2) is 4.79 Å². The maximum atomic E-state index is 12.4. The molecule has 3 rings (SSSR count). The third-order valence-electron chi connectivity index (χ3n) is 3.38. The average Bonchev–Trinajstić information content (AvgIpc) is 3.01. The van der Waals surface area contributed by atoms with Gasteiger partial charge in [0.15, 0.2) is 17.2 Å². The van der Waals surface area contributed by atoms with Crippen LogP contribution in [0.5, 0.6) is 17.2 Å². The molecule has 1 aliphatic rings. The Balaban J connectivity index is 1.92. The molecule has 24 heavy (non-hydrogen) atoms. The molecule has 0 unspecified atom stereocenters. The lowest BCUT2D eigenvalue weighted by atomic mass is 10.1. The summed E-state index contributed by atoms with van der Waals surface area (Å²) in [5.41, 5.74) is 0.407. The number of amides is 1. The molecule has 0 saturated carbocycles. The number of carboxylic acid groups (broad SMARTS) is 1. The van der Waals surface area contributed by atoms with Crippen molar-refractivity contribution >= 4 is 29.2 Å². The molecule has 0 saturated heterocycles. The van der Waals surface area contributed by atoms with Crippen LogP contribution in [0.3, 0.4) is 0 Å². The number of hydrogen-bond acceptors (Lipinski definition) is 5. The van der Waals surface area contributed by atoms with Gasteiger partial charge in [0.1, 0.15) is 0 Å². The Labute approximate surface area is 141 Å². The maximum Gasteiger partial charge on any atom is 0.335 e. The van der Waals surface area contributed by atoms with Gasteiger partial charge in [0.2, 0.25) is 6.79 Å². The first-order valence-electron chi connectivity index (χ1n) is 6.81. The minimum absolute atomic E-state index is 0.0678. The Morgan fingerprint density at radius 3 is 2.62 bits per heavy atom. The van der Waals surface area contributed by atoms with Crippen LogP contribution < -0.4 is 19.5 Å². The highest BCUT2D eigenvalue weighted by molar-refractivity contribution is 6.33. The van der Waals surface area contributed by atoms with Crippen LogP contribution in [0.1, 0.15) is 20.7 Å². The molecule has 2 aromatic carbocycles. The van der Waals surface area contributed by atoms with Crippen LogP contribution in [0.2, 0.25) is 5.02 Å². The first kappa shape index (κ1) is 15.9. The van der Waals surface area contributed by atoms with E-state index in [1.165, 1.54) is 25.3 Å². The number of carboxylic acids is 1. The highest BCUT2D eigenvalue weighted by Crippen LogP contribution is 2.36. The van der Waals surface area contributed by atoms with Crippen molar-refractivity contribution in [2.45, 2.75) is 0 Å². The number of hydrogen-bond donors (Lipinski definition) is 2. The van der Waals surface area contributed by atoms with Gasteiger partial charge in [-0.3, -0.25) is 4.79 Å².